The van der Waals surface area contributed by atoms with Gasteiger partial charge in [0.2, 0.25) is 0 Å². The van der Waals surface area contributed by atoms with E-state index >= 15 is 0 Å². The number of aromatic amines is 2. The van der Waals surface area contributed by atoms with E-state index < -0.39 is 12.1 Å². The predicted molar refractivity (Wildman–Crippen MR) is 154 cm³/mol. The SMILES string of the molecule is COc1ccc([C@H](Cc2c(Cl)c[nH+]cc2Cl)OC(=O)c2ccc(CNc3cccc4cn[nH]c34)cc2)cc1OC. The number of nitrogens with one attached hydrogen (secondary N) is 3. The number of hydrogen-bond donors (Lipinski definition) is 2. The molecule has 0 bridgehead atoms. The van der Waals surface area contributed by atoms with Gasteiger partial charge in [-0.3, -0.25) is 5.10 Å². The number of aromatic nitrogens is 3. The molecule has 0 amide bonds. The number of para-hydroxylation sites is 1. The van der Waals surface area contributed by atoms with Crippen LogP contribution in [-0.2, 0) is 17.7 Å². The van der Waals surface area contributed by atoms with Crippen molar-refractivity contribution in [1.29, 1.82) is 0 Å². The Kier molecular flexibility index (Phi) is 8.38. The van der Waals surface area contributed by atoms with Crippen LogP contribution in [0.15, 0.2) is 79.3 Å². The molecule has 0 unspecified atom stereocenters. The van der Waals surface area contributed by atoms with E-state index in [1.165, 1.54) is 0 Å². The van der Waals surface area contributed by atoms with E-state index in [-0.39, 0.29) is 6.42 Å². The standard InChI is InChI=1S/C30H26Cl2N4O4/c1-38-26-11-10-20(12-28(26)39-2)27(13-22-23(31)16-33-17-24(22)32)40-30(37)19-8-6-18(7-9-19)14-34-25-5-3-4-21-15-35-36-29(21)25/h3-12,15-17,27,34H,13-14H2,1-2H3,(H,35,36)/p+1/t27-/m0/s1. The normalized spacial score (nSPS) is 11.7. The Morgan fingerprint density at radius 2 is 1.75 bits per heavy atom. The molecule has 0 aliphatic carbocycles. The lowest BCUT2D eigenvalue weighted by molar-refractivity contribution is -0.377. The van der Waals surface area contributed by atoms with E-state index in [4.69, 9.17) is 37.4 Å². The van der Waals surface area contributed by atoms with E-state index in [0.29, 0.717) is 44.8 Å². The minimum absolute atomic E-state index is 0.259. The van der Waals surface area contributed by atoms with Gasteiger partial charge in [0.05, 0.1) is 37.2 Å². The summed E-state index contributed by atoms with van der Waals surface area (Å²) in [6.45, 7) is 0.573. The second-order valence-electron chi connectivity index (χ2n) is 9.03. The van der Waals surface area contributed by atoms with Gasteiger partial charge < -0.3 is 19.5 Å². The number of methoxy groups -OCH3 is 2. The smallest absolute Gasteiger partial charge is 0.338 e. The van der Waals surface area contributed by atoms with Crippen molar-refractivity contribution in [2.24, 2.45) is 0 Å². The lowest BCUT2D eigenvalue weighted by Crippen LogP contribution is -2.16. The monoisotopic (exact) mass is 577 g/mol. The van der Waals surface area contributed by atoms with Crippen molar-refractivity contribution in [2.45, 2.75) is 19.1 Å². The Balaban J connectivity index is 1.34. The first-order chi connectivity index (χ1) is 19.5. The summed E-state index contributed by atoms with van der Waals surface area (Å²) in [7, 11) is 3.11. The van der Waals surface area contributed by atoms with Crippen LogP contribution in [0.3, 0.4) is 0 Å². The number of carbonyl (C=O) groups is 1. The summed E-state index contributed by atoms with van der Waals surface area (Å²) in [6, 6.07) is 18.6. The van der Waals surface area contributed by atoms with Gasteiger partial charge in [-0.05, 0) is 41.5 Å². The lowest BCUT2D eigenvalue weighted by Gasteiger charge is -2.20. The summed E-state index contributed by atoms with van der Waals surface area (Å²) in [4.78, 5) is 16.2. The van der Waals surface area contributed by atoms with Gasteiger partial charge in [0.25, 0.3) is 0 Å². The molecule has 0 aliphatic heterocycles. The molecule has 0 aliphatic rings. The van der Waals surface area contributed by atoms with Crippen LogP contribution in [0, 0.1) is 0 Å². The molecule has 40 heavy (non-hydrogen) atoms. The average Bonchev–Trinajstić information content (AvgIpc) is 3.47. The third-order valence-electron chi connectivity index (χ3n) is 6.56. The van der Waals surface area contributed by atoms with Crippen molar-refractivity contribution < 1.29 is 24.0 Å². The minimum atomic E-state index is -0.694. The number of esters is 1. The third kappa shape index (κ3) is 5.98. The van der Waals surface area contributed by atoms with Crippen molar-refractivity contribution >= 4 is 45.8 Å². The fraction of sp³-hybridized carbons (Fsp3) is 0.167. The molecule has 5 rings (SSSR count). The van der Waals surface area contributed by atoms with Crippen molar-refractivity contribution in [3.63, 3.8) is 0 Å². The van der Waals surface area contributed by atoms with Crippen LogP contribution in [0.25, 0.3) is 10.9 Å². The van der Waals surface area contributed by atoms with Gasteiger partial charge >= 0.3 is 5.97 Å². The number of hydrogen-bond acceptors (Lipinski definition) is 6. The van der Waals surface area contributed by atoms with Crippen molar-refractivity contribution in [2.75, 3.05) is 19.5 Å². The molecule has 0 radical (unpaired) electrons. The van der Waals surface area contributed by atoms with E-state index in [0.717, 1.165) is 22.2 Å². The van der Waals surface area contributed by atoms with Gasteiger partial charge in [-0.2, -0.15) is 5.10 Å². The Bertz CT molecular complexity index is 1620. The van der Waals surface area contributed by atoms with Crippen molar-refractivity contribution in [1.82, 2.24) is 10.2 Å². The summed E-state index contributed by atoms with van der Waals surface area (Å²) < 4.78 is 16.9. The van der Waals surface area contributed by atoms with Crippen LogP contribution >= 0.6 is 23.2 Å². The first-order valence-corrected chi connectivity index (χ1v) is 13.2. The predicted octanol–water partition coefficient (Wildman–Crippen LogP) is 6.45. The second kappa shape index (κ2) is 12.3. The number of carbonyl (C=O) groups excluding carboxylic acids is 1. The maximum Gasteiger partial charge on any atom is 0.338 e. The fourth-order valence-corrected chi connectivity index (χ4v) is 4.94. The molecule has 2 heterocycles. The van der Waals surface area contributed by atoms with Gasteiger partial charge in [0, 0.05) is 23.9 Å². The Labute approximate surface area is 241 Å². The summed E-state index contributed by atoms with van der Waals surface area (Å²) >= 11 is 12.9. The molecule has 8 nitrogen and oxygen atoms in total. The Hall–Kier alpha value is -4.27. The molecule has 204 valence electrons. The zero-order valence-electron chi connectivity index (χ0n) is 21.8. The highest BCUT2D eigenvalue weighted by Gasteiger charge is 2.24. The molecular formula is C30H27Cl2N4O4+. The summed E-state index contributed by atoms with van der Waals surface area (Å²) in [6.07, 6.45) is 4.62. The molecule has 3 N–H and O–H groups in total. The van der Waals surface area contributed by atoms with Gasteiger partial charge in [-0.25, -0.2) is 9.78 Å². The highest BCUT2D eigenvalue weighted by molar-refractivity contribution is 6.35. The largest absolute Gasteiger partial charge is 0.493 e. The van der Waals surface area contributed by atoms with Crippen LogP contribution in [0.4, 0.5) is 5.69 Å². The lowest BCUT2D eigenvalue weighted by atomic mass is 10.0. The molecule has 5 aromatic rings. The zero-order chi connectivity index (χ0) is 28.1. The number of fused-ring (bicyclic) bond motifs is 1. The first-order valence-electron chi connectivity index (χ1n) is 12.5. The molecule has 3 aromatic carbocycles. The number of benzene rings is 3. The molecule has 0 saturated heterocycles. The number of anilines is 1. The average molecular weight is 578 g/mol. The molecule has 2 aromatic heterocycles. The Morgan fingerprint density at radius 1 is 1.00 bits per heavy atom. The van der Waals surface area contributed by atoms with Crippen LogP contribution in [0.1, 0.15) is 33.2 Å². The van der Waals surface area contributed by atoms with E-state index in [1.807, 2.05) is 36.4 Å². The molecule has 0 fully saturated rings. The highest BCUT2D eigenvalue weighted by Crippen LogP contribution is 2.35. The molecule has 0 saturated carbocycles. The van der Waals surface area contributed by atoms with Crippen LogP contribution in [0.2, 0.25) is 10.0 Å². The van der Waals surface area contributed by atoms with Gasteiger partial charge in [-0.15, -0.1) is 0 Å². The molecule has 10 heteroatoms. The fourth-order valence-electron chi connectivity index (χ4n) is 4.41. The third-order valence-corrected chi connectivity index (χ3v) is 7.24. The van der Waals surface area contributed by atoms with E-state index in [9.17, 15) is 4.79 Å². The molecular weight excluding hydrogens is 551 g/mol. The first kappa shape index (κ1) is 27.3. The van der Waals surface area contributed by atoms with E-state index in [1.54, 1.807) is 57.1 Å². The van der Waals surface area contributed by atoms with Crippen LogP contribution in [-0.4, -0.2) is 30.4 Å². The quantitative estimate of drug-likeness (QED) is 0.185. The minimum Gasteiger partial charge on any atom is -0.493 e. The number of ether oxygens (including phenoxy) is 3. The number of rotatable bonds is 10. The van der Waals surface area contributed by atoms with Crippen LogP contribution < -0.4 is 19.8 Å². The summed E-state index contributed by atoms with van der Waals surface area (Å²) in [5.41, 5.74) is 4.68. The maximum atomic E-state index is 13.3. The second-order valence-corrected chi connectivity index (χ2v) is 9.85. The summed E-state index contributed by atoms with van der Waals surface area (Å²) in [5.74, 6) is 0.605. The number of halogens is 2. The number of nitrogens with zero attached hydrogens (tertiary/aromatic N) is 1. The Morgan fingerprint density at radius 3 is 2.48 bits per heavy atom. The molecule has 1 atom stereocenters. The van der Waals surface area contributed by atoms with Gasteiger partial charge in [0.15, 0.2) is 23.9 Å². The maximum absolute atomic E-state index is 13.3. The van der Waals surface area contributed by atoms with Crippen LogP contribution in [0.5, 0.6) is 11.5 Å². The zero-order valence-corrected chi connectivity index (χ0v) is 23.3. The number of pyridine rings is 1. The van der Waals surface area contributed by atoms with Gasteiger partial charge in [0.1, 0.15) is 16.1 Å². The number of H-pyrrole nitrogens is 2. The summed E-state index contributed by atoms with van der Waals surface area (Å²) in [5, 5.41) is 12.4. The highest BCUT2D eigenvalue weighted by atomic mass is 35.5. The molecule has 0 spiro atoms. The van der Waals surface area contributed by atoms with Crippen molar-refractivity contribution in [3.05, 3.63) is 112 Å². The van der Waals surface area contributed by atoms with Crippen molar-refractivity contribution in [3.8, 4) is 11.5 Å². The van der Waals surface area contributed by atoms with Gasteiger partial charge in [-0.1, -0.05) is 53.5 Å². The van der Waals surface area contributed by atoms with E-state index in [2.05, 4.69) is 20.5 Å². The topological polar surface area (TPSA) is 99.6 Å².